The molecule has 2 aromatic rings. The average Bonchev–Trinajstić information content (AvgIpc) is 3.31. The summed E-state index contributed by atoms with van der Waals surface area (Å²) in [5.41, 5.74) is 1.90. The van der Waals surface area contributed by atoms with E-state index in [1.165, 1.54) is 0 Å². The molecule has 9 heteroatoms. The first-order chi connectivity index (χ1) is 12.9. The summed E-state index contributed by atoms with van der Waals surface area (Å²) < 4.78 is 1.97. The van der Waals surface area contributed by atoms with Gasteiger partial charge in [0.2, 0.25) is 5.82 Å². The number of aromatic nitrogens is 5. The molecule has 0 aliphatic carbocycles. The third-order valence-electron chi connectivity index (χ3n) is 5.67. The number of rotatable bonds is 3. The normalized spacial score (nSPS) is 19.7. The third-order valence-corrected chi connectivity index (χ3v) is 5.67. The van der Waals surface area contributed by atoms with Crippen molar-refractivity contribution < 1.29 is 4.79 Å². The van der Waals surface area contributed by atoms with Crippen LogP contribution in [-0.4, -0.2) is 80.2 Å². The molecule has 0 unspecified atom stereocenters. The fourth-order valence-corrected chi connectivity index (χ4v) is 3.75. The van der Waals surface area contributed by atoms with Crippen molar-refractivity contribution in [3.05, 3.63) is 29.2 Å². The van der Waals surface area contributed by atoms with Crippen LogP contribution < -0.4 is 4.90 Å². The van der Waals surface area contributed by atoms with Crippen molar-refractivity contribution in [3.8, 4) is 0 Å². The van der Waals surface area contributed by atoms with Crippen LogP contribution in [-0.2, 0) is 13.1 Å². The molecule has 2 aromatic heterocycles. The van der Waals surface area contributed by atoms with E-state index >= 15 is 0 Å². The zero-order chi connectivity index (χ0) is 19.1. The SMILES string of the molecule is Cc1nc(C(=O)N2CCn3cnnc3C2)nc(N2CC[C@@H](N(C)C)C2)c1C. The Morgan fingerprint density at radius 1 is 1.19 bits per heavy atom. The maximum absolute atomic E-state index is 13.1. The quantitative estimate of drug-likeness (QED) is 0.777. The maximum atomic E-state index is 13.1. The van der Waals surface area contributed by atoms with Crippen molar-refractivity contribution in [2.75, 3.05) is 38.6 Å². The summed E-state index contributed by atoms with van der Waals surface area (Å²) >= 11 is 0. The highest BCUT2D eigenvalue weighted by atomic mass is 16.2. The largest absolute Gasteiger partial charge is 0.355 e. The molecule has 1 saturated heterocycles. The zero-order valence-electron chi connectivity index (χ0n) is 16.4. The molecule has 1 amide bonds. The molecule has 144 valence electrons. The number of hydrogen-bond donors (Lipinski definition) is 0. The lowest BCUT2D eigenvalue weighted by molar-refractivity contribution is 0.0694. The summed E-state index contributed by atoms with van der Waals surface area (Å²) in [6, 6.07) is 0.507. The Labute approximate surface area is 159 Å². The van der Waals surface area contributed by atoms with Crippen LogP contribution in [0.2, 0.25) is 0 Å². The Morgan fingerprint density at radius 3 is 2.74 bits per heavy atom. The number of aryl methyl sites for hydroxylation is 1. The lowest BCUT2D eigenvalue weighted by atomic mass is 10.2. The van der Waals surface area contributed by atoms with Crippen LogP contribution in [0.3, 0.4) is 0 Å². The van der Waals surface area contributed by atoms with Crippen molar-refractivity contribution in [2.24, 2.45) is 0 Å². The van der Waals surface area contributed by atoms with Crippen LogP contribution in [0.4, 0.5) is 5.82 Å². The van der Waals surface area contributed by atoms with Gasteiger partial charge in [0.1, 0.15) is 12.1 Å². The standard InChI is InChI=1S/C18H26N8O/c1-12-13(2)20-16(21-17(12)24-6-5-14(9-24)23(3)4)18(27)25-7-8-26-11-19-22-15(26)10-25/h11,14H,5-10H2,1-4H3/t14-/m1/s1. The van der Waals surface area contributed by atoms with Gasteiger partial charge in [-0.15, -0.1) is 10.2 Å². The Bertz CT molecular complexity index is 861. The van der Waals surface area contributed by atoms with Crippen LogP contribution in [0.15, 0.2) is 6.33 Å². The molecule has 0 N–H and O–H groups in total. The van der Waals surface area contributed by atoms with Gasteiger partial charge in [0, 0.05) is 43.5 Å². The zero-order valence-corrected chi connectivity index (χ0v) is 16.4. The monoisotopic (exact) mass is 370 g/mol. The van der Waals surface area contributed by atoms with E-state index in [1.54, 1.807) is 11.2 Å². The molecule has 4 heterocycles. The maximum Gasteiger partial charge on any atom is 0.292 e. The second-order valence-corrected chi connectivity index (χ2v) is 7.60. The average molecular weight is 370 g/mol. The van der Waals surface area contributed by atoms with Gasteiger partial charge in [-0.1, -0.05) is 0 Å². The summed E-state index contributed by atoms with van der Waals surface area (Å²) in [4.78, 5) is 28.5. The van der Waals surface area contributed by atoms with Gasteiger partial charge in [0.25, 0.3) is 5.91 Å². The fraction of sp³-hybridized carbons (Fsp3) is 0.611. The second-order valence-electron chi connectivity index (χ2n) is 7.60. The summed E-state index contributed by atoms with van der Waals surface area (Å²) in [6.45, 7) is 7.60. The first-order valence-corrected chi connectivity index (χ1v) is 9.36. The van der Waals surface area contributed by atoms with Gasteiger partial charge in [-0.2, -0.15) is 0 Å². The van der Waals surface area contributed by atoms with Crippen molar-refractivity contribution >= 4 is 11.7 Å². The Kier molecular flexibility index (Phi) is 4.55. The molecule has 1 atom stereocenters. The molecule has 0 radical (unpaired) electrons. The van der Waals surface area contributed by atoms with Crippen LogP contribution in [0.25, 0.3) is 0 Å². The summed E-state index contributed by atoms with van der Waals surface area (Å²) in [5, 5.41) is 8.00. The van der Waals surface area contributed by atoms with E-state index in [9.17, 15) is 4.79 Å². The number of carbonyl (C=O) groups excluding carboxylic acids is 1. The van der Waals surface area contributed by atoms with Crippen molar-refractivity contribution in [1.29, 1.82) is 0 Å². The lowest BCUT2D eigenvalue weighted by Gasteiger charge is -2.27. The molecule has 27 heavy (non-hydrogen) atoms. The molecular weight excluding hydrogens is 344 g/mol. The Hall–Kier alpha value is -2.55. The predicted octanol–water partition coefficient (Wildman–Crippen LogP) is 0.481. The van der Waals surface area contributed by atoms with Crippen molar-refractivity contribution in [2.45, 2.75) is 39.4 Å². The van der Waals surface area contributed by atoms with Crippen LogP contribution >= 0.6 is 0 Å². The van der Waals surface area contributed by atoms with E-state index in [4.69, 9.17) is 0 Å². The smallest absolute Gasteiger partial charge is 0.292 e. The minimum Gasteiger partial charge on any atom is -0.355 e. The Morgan fingerprint density at radius 2 is 2.00 bits per heavy atom. The molecule has 0 saturated carbocycles. The topological polar surface area (TPSA) is 83.3 Å². The summed E-state index contributed by atoms with van der Waals surface area (Å²) in [7, 11) is 4.21. The minimum absolute atomic E-state index is 0.142. The molecule has 4 rings (SSSR count). The van der Waals surface area contributed by atoms with E-state index in [0.29, 0.717) is 25.7 Å². The minimum atomic E-state index is -0.142. The van der Waals surface area contributed by atoms with Gasteiger partial charge in [-0.05, 0) is 34.4 Å². The number of likely N-dealkylation sites (N-methyl/N-ethyl adjacent to an activating group) is 1. The number of hydrogen-bond acceptors (Lipinski definition) is 7. The van der Waals surface area contributed by atoms with Crippen LogP contribution in [0, 0.1) is 13.8 Å². The Balaban J connectivity index is 1.59. The second kappa shape index (κ2) is 6.88. The fourth-order valence-electron chi connectivity index (χ4n) is 3.75. The van der Waals surface area contributed by atoms with E-state index < -0.39 is 0 Å². The number of amides is 1. The number of anilines is 1. The van der Waals surface area contributed by atoms with Gasteiger partial charge in [-0.3, -0.25) is 4.79 Å². The molecule has 1 fully saturated rings. The van der Waals surface area contributed by atoms with Gasteiger partial charge in [0.15, 0.2) is 5.82 Å². The third kappa shape index (κ3) is 3.27. The molecule has 2 aliphatic heterocycles. The van der Waals surface area contributed by atoms with Gasteiger partial charge < -0.3 is 19.3 Å². The van der Waals surface area contributed by atoms with E-state index in [0.717, 1.165) is 42.4 Å². The first-order valence-electron chi connectivity index (χ1n) is 9.36. The highest BCUT2D eigenvalue weighted by Crippen LogP contribution is 2.25. The van der Waals surface area contributed by atoms with Gasteiger partial charge >= 0.3 is 0 Å². The van der Waals surface area contributed by atoms with Crippen LogP contribution in [0.1, 0.15) is 34.1 Å². The predicted molar refractivity (Wildman–Crippen MR) is 101 cm³/mol. The summed E-state index contributed by atoms with van der Waals surface area (Å²) in [6.07, 6.45) is 2.80. The number of carbonyl (C=O) groups is 1. The molecule has 2 aliphatic rings. The highest BCUT2D eigenvalue weighted by Gasteiger charge is 2.29. The lowest BCUT2D eigenvalue weighted by Crippen LogP contribution is -2.39. The van der Waals surface area contributed by atoms with Crippen LogP contribution in [0.5, 0.6) is 0 Å². The number of fused-ring (bicyclic) bond motifs is 1. The van der Waals surface area contributed by atoms with E-state index in [2.05, 4.69) is 44.1 Å². The van der Waals surface area contributed by atoms with E-state index in [1.807, 2.05) is 18.4 Å². The molecule has 0 spiro atoms. The summed E-state index contributed by atoms with van der Waals surface area (Å²) in [5.74, 6) is 1.81. The van der Waals surface area contributed by atoms with Gasteiger partial charge in [0.05, 0.1) is 6.54 Å². The van der Waals surface area contributed by atoms with Crippen molar-refractivity contribution in [1.82, 2.24) is 34.5 Å². The van der Waals surface area contributed by atoms with Crippen molar-refractivity contribution in [3.63, 3.8) is 0 Å². The molecule has 0 bridgehead atoms. The molecule has 9 nitrogen and oxygen atoms in total. The van der Waals surface area contributed by atoms with Gasteiger partial charge in [-0.25, -0.2) is 9.97 Å². The van der Waals surface area contributed by atoms with E-state index in [-0.39, 0.29) is 11.7 Å². The molecular formula is C18H26N8O. The first kappa shape index (κ1) is 17.8. The number of nitrogens with zero attached hydrogens (tertiary/aromatic N) is 8. The molecule has 0 aromatic carbocycles. The highest BCUT2D eigenvalue weighted by molar-refractivity contribution is 5.91.